The number of methoxy groups -OCH3 is 1. The van der Waals surface area contributed by atoms with Crippen LogP contribution in [-0.4, -0.2) is 7.11 Å². The van der Waals surface area contributed by atoms with Crippen molar-refractivity contribution in [2.24, 2.45) is 0 Å². The minimum Gasteiger partial charge on any atom is -0.497 e. The molecule has 0 spiro atoms. The van der Waals surface area contributed by atoms with Gasteiger partial charge < -0.3 is 4.74 Å². The molecule has 4 aromatic carbocycles. The average Bonchev–Trinajstić information content (AvgIpc) is 2.95. The molecule has 0 fully saturated rings. The molecule has 5 heteroatoms. The van der Waals surface area contributed by atoms with Crippen LogP contribution in [0.5, 0.6) is 5.75 Å². The van der Waals surface area contributed by atoms with Crippen LogP contribution >= 0.6 is 11.6 Å². The third kappa shape index (κ3) is 15.0. The van der Waals surface area contributed by atoms with E-state index in [1.54, 1.807) is 32.2 Å². The molecule has 4 aromatic rings. The summed E-state index contributed by atoms with van der Waals surface area (Å²) in [5.74, 6) is 0.312. The number of ether oxygens (including phenoxy) is 1. The van der Waals surface area contributed by atoms with Gasteiger partial charge in [0.25, 0.3) is 0 Å². The van der Waals surface area contributed by atoms with Gasteiger partial charge in [-0.1, -0.05) is 137 Å². The van der Waals surface area contributed by atoms with Gasteiger partial charge >= 0.3 is 0 Å². The van der Waals surface area contributed by atoms with Gasteiger partial charge in [0.1, 0.15) is 23.2 Å². The summed E-state index contributed by atoms with van der Waals surface area (Å²) in [5.41, 5.74) is 5.55. The fourth-order valence-corrected chi connectivity index (χ4v) is 4.24. The maximum atomic E-state index is 13.0. The molecule has 258 valence electrons. The Bertz CT molecular complexity index is 1490. The Balaban J connectivity index is 0.000000314. The van der Waals surface area contributed by atoms with Crippen molar-refractivity contribution < 1.29 is 17.9 Å². The van der Waals surface area contributed by atoms with E-state index in [9.17, 15) is 13.2 Å². The first-order chi connectivity index (χ1) is 21.4. The Morgan fingerprint density at radius 3 is 1.32 bits per heavy atom. The maximum Gasteiger partial charge on any atom is 0.142 e. The zero-order chi connectivity index (χ0) is 36.4. The SMILES string of the molecule is CC(C)(C)c1ccc(Cl)c(F)c1.CC(C)(C)c1cccc(F)c1.COc1cccc(C(C)(C)C)c1.Cc1cc(C(C)(C)C)ccc1F. The maximum absolute atomic E-state index is 13.0. The van der Waals surface area contributed by atoms with Crippen molar-refractivity contribution in [3.05, 3.63) is 135 Å². The second kappa shape index (κ2) is 17.2. The smallest absolute Gasteiger partial charge is 0.142 e. The molecule has 0 saturated heterocycles. The largest absolute Gasteiger partial charge is 0.497 e. The van der Waals surface area contributed by atoms with E-state index in [0.717, 1.165) is 22.4 Å². The fraction of sp³-hybridized carbons (Fsp3) is 0.429. The van der Waals surface area contributed by atoms with Crippen molar-refractivity contribution >= 4 is 11.6 Å². The molecule has 0 aliphatic heterocycles. The Morgan fingerprint density at radius 2 is 0.915 bits per heavy atom. The normalized spacial score (nSPS) is 11.6. The molecule has 47 heavy (non-hydrogen) atoms. The monoisotopic (exact) mass is 668 g/mol. The van der Waals surface area contributed by atoms with Crippen LogP contribution in [0.15, 0.2) is 84.9 Å². The van der Waals surface area contributed by atoms with E-state index < -0.39 is 0 Å². The molecule has 1 nitrogen and oxygen atoms in total. The number of rotatable bonds is 1. The molecule has 0 radical (unpaired) electrons. The van der Waals surface area contributed by atoms with Crippen LogP contribution in [0, 0.1) is 24.4 Å². The first kappa shape index (κ1) is 41.8. The molecule has 0 unspecified atom stereocenters. The lowest BCUT2D eigenvalue weighted by molar-refractivity contribution is 0.412. The number of benzene rings is 4. The summed E-state index contributed by atoms with van der Waals surface area (Å²) in [4.78, 5) is 0. The summed E-state index contributed by atoms with van der Waals surface area (Å²) in [6, 6.07) is 25.2. The lowest BCUT2D eigenvalue weighted by Gasteiger charge is -2.19. The molecule has 0 aliphatic rings. The van der Waals surface area contributed by atoms with Crippen molar-refractivity contribution in [3.8, 4) is 5.75 Å². The summed E-state index contributed by atoms with van der Waals surface area (Å²) < 4.78 is 43.7. The minimum absolute atomic E-state index is 0.0224. The van der Waals surface area contributed by atoms with Gasteiger partial charge in [-0.3, -0.25) is 0 Å². The first-order valence-corrected chi connectivity index (χ1v) is 16.4. The summed E-state index contributed by atoms with van der Waals surface area (Å²) in [7, 11) is 1.70. The van der Waals surface area contributed by atoms with Crippen LogP contribution in [0.2, 0.25) is 5.02 Å². The van der Waals surface area contributed by atoms with Gasteiger partial charge in [-0.15, -0.1) is 0 Å². The van der Waals surface area contributed by atoms with E-state index in [4.69, 9.17) is 16.3 Å². The van der Waals surface area contributed by atoms with Crippen molar-refractivity contribution in [1.29, 1.82) is 0 Å². The fourth-order valence-electron chi connectivity index (χ4n) is 4.12. The van der Waals surface area contributed by atoms with Gasteiger partial charge in [0.2, 0.25) is 0 Å². The van der Waals surface area contributed by atoms with Gasteiger partial charge in [0.15, 0.2) is 0 Å². The van der Waals surface area contributed by atoms with Crippen LogP contribution in [0.4, 0.5) is 13.2 Å². The minimum atomic E-state index is -0.343. The highest BCUT2D eigenvalue weighted by atomic mass is 35.5. The Hall–Kier alpha value is -3.24. The summed E-state index contributed by atoms with van der Waals surface area (Å²) in [5, 5.41) is 0.183. The third-order valence-corrected chi connectivity index (χ3v) is 7.74. The van der Waals surface area contributed by atoms with Crippen LogP contribution < -0.4 is 4.74 Å². The van der Waals surface area contributed by atoms with E-state index >= 15 is 0 Å². The van der Waals surface area contributed by atoms with Gasteiger partial charge in [-0.05, 0) is 98.9 Å². The highest BCUT2D eigenvalue weighted by Crippen LogP contribution is 2.27. The highest BCUT2D eigenvalue weighted by molar-refractivity contribution is 6.30. The summed E-state index contributed by atoms with van der Waals surface area (Å²) in [6.07, 6.45) is 0. The average molecular weight is 669 g/mol. The first-order valence-electron chi connectivity index (χ1n) is 16.0. The summed E-state index contributed by atoms with van der Waals surface area (Å²) in [6.45, 7) is 27.1. The van der Waals surface area contributed by atoms with Crippen LogP contribution in [0.3, 0.4) is 0 Å². The Kier molecular flexibility index (Phi) is 15.3. The molecular weight excluding hydrogens is 613 g/mol. The van der Waals surface area contributed by atoms with E-state index in [-0.39, 0.29) is 44.1 Å². The van der Waals surface area contributed by atoms with Gasteiger partial charge in [0.05, 0.1) is 12.1 Å². The topological polar surface area (TPSA) is 9.23 Å². The van der Waals surface area contributed by atoms with Crippen LogP contribution in [0.25, 0.3) is 0 Å². The number of hydrogen-bond donors (Lipinski definition) is 0. The third-order valence-electron chi connectivity index (χ3n) is 7.44. The van der Waals surface area contributed by atoms with E-state index in [2.05, 4.69) is 74.4 Å². The molecule has 0 N–H and O–H groups in total. The van der Waals surface area contributed by atoms with Crippen LogP contribution in [-0.2, 0) is 21.7 Å². The van der Waals surface area contributed by atoms with Crippen molar-refractivity contribution in [2.45, 2.75) is 112 Å². The molecule has 4 rings (SSSR count). The second-order valence-corrected chi connectivity index (χ2v) is 16.2. The second-order valence-electron chi connectivity index (χ2n) is 15.8. The quantitative estimate of drug-likeness (QED) is 0.196. The standard InChI is InChI=1S/C11H15F.C11H16O.C10H12ClF.C10H13F/c1-8-7-9(11(2,3)4)5-6-10(8)12;1-11(2,3)9-6-5-7-10(8-9)12-4;1-10(2,3)7-4-5-8(11)9(12)6-7;1-10(2,3)8-5-4-6-9(11)7-8/h5-7H,1-4H3;5-8H,1-4H3;4-6H,1-3H3;4-7H,1-3H3. The highest BCUT2D eigenvalue weighted by Gasteiger charge is 2.16. The number of halogens is 4. The van der Waals surface area contributed by atoms with E-state index in [0.29, 0.717) is 0 Å². The molecular formula is C42H56ClF3O. The molecule has 0 atom stereocenters. The van der Waals surface area contributed by atoms with Crippen molar-refractivity contribution in [2.75, 3.05) is 7.11 Å². The number of hydrogen-bond acceptors (Lipinski definition) is 1. The van der Waals surface area contributed by atoms with Crippen molar-refractivity contribution in [1.82, 2.24) is 0 Å². The van der Waals surface area contributed by atoms with E-state index in [1.165, 1.54) is 29.3 Å². The van der Waals surface area contributed by atoms with Gasteiger partial charge in [0, 0.05) is 0 Å². The lowest BCUT2D eigenvalue weighted by atomic mass is 9.86. The Morgan fingerprint density at radius 1 is 0.489 bits per heavy atom. The zero-order valence-corrected chi connectivity index (χ0v) is 31.8. The molecule has 0 bridgehead atoms. The van der Waals surface area contributed by atoms with Crippen LogP contribution in [0.1, 0.15) is 111 Å². The van der Waals surface area contributed by atoms with Crippen molar-refractivity contribution in [3.63, 3.8) is 0 Å². The molecule has 0 aromatic heterocycles. The summed E-state index contributed by atoms with van der Waals surface area (Å²) >= 11 is 5.56. The lowest BCUT2D eigenvalue weighted by Crippen LogP contribution is -2.11. The molecule has 0 saturated carbocycles. The van der Waals surface area contributed by atoms with Gasteiger partial charge in [-0.2, -0.15) is 0 Å². The predicted molar refractivity (Wildman–Crippen MR) is 197 cm³/mol. The molecule has 0 amide bonds. The number of aryl methyl sites for hydroxylation is 1. The predicted octanol–water partition coefficient (Wildman–Crippen LogP) is 13.3. The van der Waals surface area contributed by atoms with E-state index in [1.807, 2.05) is 57.2 Å². The molecule has 0 aliphatic carbocycles. The Labute approximate surface area is 288 Å². The molecule has 0 heterocycles. The van der Waals surface area contributed by atoms with Gasteiger partial charge in [-0.25, -0.2) is 13.2 Å². The zero-order valence-electron chi connectivity index (χ0n) is 31.0.